The Labute approximate surface area is 162 Å². The van der Waals surface area contributed by atoms with Crippen molar-refractivity contribution in [3.05, 3.63) is 39.9 Å². The smallest absolute Gasteiger partial charge is 0.258 e. The highest BCUT2D eigenvalue weighted by molar-refractivity contribution is 7.98. The lowest BCUT2D eigenvalue weighted by Gasteiger charge is -2.30. The van der Waals surface area contributed by atoms with Crippen molar-refractivity contribution in [2.45, 2.75) is 31.2 Å². The Morgan fingerprint density at radius 3 is 3.12 bits per heavy atom. The van der Waals surface area contributed by atoms with Crippen LogP contribution in [0.4, 0.5) is 5.13 Å². The molecule has 0 aliphatic carbocycles. The third-order valence-corrected chi connectivity index (χ3v) is 6.18. The Morgan fingerprint density at radius 1 is 1.52 bits per heavy atom. The van der Waals surface area contributed by atoms with E-state index in [9.17, 15) is 4.79 Å². The number of thiazole rings is 1. The van der Waals surface area contributed by atoms with Crippen LogP contribution in [0.3, 0.4) is 0 Å². The molecule has 0 bridgehead atoms. The van der Waals surface area contributed by atoms with Gasteiger partial charge >= 0.3 is 0 Å². The molecule has 1 N–H and O–H groups in total. The summed E-state index contributed by atoms with van der Waals surface area (Å²) in [5, 5.41) is 5.97. The summed E-state index contributed by atoms with van der Waals surface area (Å²) in [4.78, 5) is 20.5. The zero-order chi connectivity index (χ0) is 17.8. The van der Waals surface area contributed by atoms with E-state index in [0.29, 0.717) is 15.7 Å². The number of piperidine rings is 1. The minimum Gasteiger partial charge on any atom is -0.298 e. The van der Waals surface area contributed by atoms with Crippen LogP contribution in [0, 0.1) is 5.92 Å². The van der Waals surface area contributed by atoms with Gasteiger partial charge in [0.05, 0.1) is 16.3 Å². The number of nitrogens with one attached hydrogen (secondary N) is 1. The molecule has 1 aromatic carbocycles. The second-order valence-electron chi connectivity index (χ2n) is 6.43. The fourth-order valence-electron chi connectivity index (χ4n) is 3.07. The molecule has 1 amide bonds. The van der Waals surface area contributed by atoms with Gasteiger partial charge in [-0.3, -0.25) is 15.0 Å². The van der Waals surface area contributed by atoms with Gasteiger partial charge in [-0.05, 0) is 49.8 Å². The molecule has 1 unspecified atom stereocenters. The fraction of sp³-hybridized carbons (Fsp3) is 0.444. The molecule has 4 nitrogen and oxygen atoms in total. The molecule has 3 rings (SSSR count). The Balaban J connectivity index is 1.64. The van der Waals surface area contributed by atoms with Gasteiger partial charge < -0.3 is 0 Å². The fourth-order valence-corrected chi connectivity index (χ4v) is 4.41. The van der Waals surface area contributed by atoms with Crippen LogP contribution >= 0.6 is 34.7 Å². The van der Waals surface area contributed by atoms with E-state index in [-0.39, 0.29) is 5.91 Å². The lowest BCUT2D eigenvalue weighted by molar-refractivity contribution is 0.102. The number of carbonyl (C=O) groups excluding carboxylic acids is 1. The molecular formula is C18H22ClN3OS2. The summed E-state index contributed by atoms with van der Waals surface area (Å²) in [5.74, 6) is 0.533. The van der Waals surface area contributed by atoms with Crippen LogP contribution in [0.15, 0.2) is 28.5 Å². The van der Waals surface area contributed by atoms with Crippen LogP contribution in [0.25, 0.3) is 0 Å². The number of hydrogen-bond donors (Lipinski definition) is 1. The van der Waals surface area contributed by atoms with Gasteiger partial charge in [-0.1, -0.05) is 18.5 Å². The predicted molar refractivity (Wildman–Crippen MR) is 107 cm³/mol. The number of halogens is 1. The Morgan fingerprint density at radius 2 is 2.36 bits per heavy atom. The van der Waals surface area contributed by atoms with Crippen LogP contribution in [0.2, 0.25) is 5.02 Å². The van der Waals surface area contributed by atoms with E-state index >= 15 is 0 Å². The topological polar surface area (TPSA) is 45.2 Å². The van der Waals surface area contributed by atoms with Crippen LogP contribution in [0.5, 0.6) is 0 Å². The average Bonchev–Trinajstić information content (AvgIpc) is 3.02. The molecule has 1 aliphatic heterocycles. The average molecular weight is 396 g/mol. The first-order valence-corrected chi connectivity index (χ1v) is 10.8. The number of hydrogen-bond acceptors (Lipinski definition) is 5. The summed E-state index contributed by atoms with van der Waals surface area (Å²) >= 11 is 9.21. The Kier molecular flexibility index (Phi) is 6.39. The van der Waals surface area contributed by atoms with Gasteiger partial charge in [0.1, 0.15) is 0 Å². The molecule has 7 heteroatoms. The maximum absolute atomic E-state index is 12.5. The maximum atomic E-state index is 12.5. The number of rotatable bonds is 5. The van der Waals surface area contributed by atoms with Gasteiger partial charge in [0, 0.05) is 23.4 Å². The zero-order valence-electron chi connectivity index (χ0n) is 14.4. The number of nitrogens with zero attached hydrogens (tertiary/aromatic N) is 2. The molecule has 0 radical (unpaired) electrons. The van der Waals surface area contributed by atoms with E-state index in [4.69, 9.17) is 11.6 Å². The van der Waals surface area contributed by atoms with Crippen LogP contribution in [-0.4, -0.2) is 35.1 Å². The minimum atomic E-state index is -0.214. The molecule has 1 atom stereocenters. The number of amides is 1. The monoisotopic (exact) mass is 395 g/mol. The number of aromatic nitrogens is 1. The molecule has 1 saturated heterocycles. The molecule has 0 spiro atoms. The van der Waals surface area contributed by atoms with Gasteiger partial charge in [0.15, 0.2) is 5.13 Å². The van der Waals surface area contributed by atoms with Crippen LogP contribution in [-0.2, 0) is 6.54 Å². The lowest BCUT2D eigenvalue weighted by atomic mass is 10.0. The molecule has 2 aromatic rings. The van der Waals surface area contributed by atoms with E-state index in [1.807, 2.05) is 23.8 Å². The number of benzene rings is 1. The van der Waals surface area contributed by atoms with Gasteiger partial charge in [-0.25, -0.2) is 4.98 Å². The largest absolute Gasteiger partial charge is 0.298 e. The Hall–Kier alpha value is -1.08. The van der Waals surface area contributed by atoms with E-state index in [1.165, 1.54) is 24.2 Å². The third-order valence-electron chi connectivity index (χ3n) is 4.32. The van der Waals surface area contributed by atoms with Crippen molar-refractivity contribution in [2.75, 3.05) is 24.7 Å². The summed E-state index contributed by atoms with van der Waals surface area (Å²) in [5.41, 5.74) is 1.49. The zero-order valence-corrected chi connectivity index (χ0v) is 16.8. The Bertz CT molecular complexity index is 750. The predicted octanol–water partition coefficient (Wildman–Crippen LogP) is 5.00. The molecule has 0 saturated carbocycles. The lowest BCUT2D eigenvalue weighted by Crippen LogP contribution is -2.33. The molecule has 25 heavy (non-hydrogen) atoms. The van der Waals surface area contributed by atoms with E-state index in [0.717, 1.165) is 36.1 Å². The number of anilines is 1. The van der Waals surface area contributed by atoms with Crippen molar-refractivity contribution in [2.24, 2.45) is 5.92 Å². The summed E-state index contributed by atoms with van der Waals surface area (Å²) in [7, 11) is 0. The quantitative estimate of drug-likeness (QED) is 0.723. The molecule has 1 aliphatic rings. The molecule has 1 fully saturated rings. The van der Waals surface area contributed by atoms with E-state index in [2.05, 4.69) is 22.1 Å². The molecule has 2 heterocycles. The van der Waals surface area contributed by atoms with E-state index in [1.54, 1.807) is 17.8 Å². The number of carbonyl (C=O) groups is 1. The molecule has 1 aromatic heterocycles. The summed E-state index contributed by atoms with van der Waals surface area (Å²) in [6, 6.07) is 5.48. The van der Waals surface area contributed by atoms with E-state index < -0.39 is 0 Å². The van der Waals surface area contributed by atoms with Gasteiger partial charge in [-0.2, -0.15) is 0 Å². The summed E-state index contributed by atoms with van der Waals surface area (Å²) in [6.45, 7) is 5.39. The van der Waals surface area contributed by atoms with Gasteiger partial charge in [0.2, 0.25) is 0 Å². The highest BCUT2D eigenvalue weighted by Crippen LogP contribution is 2.25. The third kappa shape index (κ3) is 4.97. The van der Waals surface area contributed by atoms with Crippen LogP contribution in [0.1, 0.15) is 35.8 Å². The first-order valence-electron chi connectivity index (χ1n) is 8.37. The second kappa shape index (κ2) is 8.54. The summed E-state index contributed by atoms with van der Waals surface area (Å²) in [6.07, 6.45) is 4.53. The SMILES string of the molecule is CSc1ccc(Cl)c(C(=O)Nc2nc(CN3CCCC(C)C3)cs2)c1. The number of likely N-dealkylation sites (tertiary alicyclic amines) is 1. The molecule has 134 valence electrons. The normalized spacial score (nSPS) is 18.3. The minimum absolute atomic E-state index is 0.214. The maximum Gasteiger partial charge on any atom is 0.258 e. The van der Waals surface area contributed by atoms with Crippen LogP contribution < -0.4 is 5.32 Å². The standard InChI is InChI=1S/C18H22ClN3OS2/c1-12-4-3-7-22(9-12)10-13-11-25-18(20-13)21-17(23)15-8-14(24-2)5-6-16(15)19/h5-6,8,11-12H,3-4,7,9-10H2,1-2H3,(H,20,21,23). The van der Waals surface area contributed by atoms with Crippen molar-refractivity contribution >= 4 is 45.7 Å². The van der Waals surface area contributed by atoms with Crippen molar-refractivity contribution in [3.8, 4) is 0 Å². The molecular weight excluding hydrogens is 374 g/mol. The van der Waals surface area contributed by atoms with Crippen molar-refractivity contribution in [3.63, 3.8) is 0 Å². The highest BCUT2D eigenvalue weighted by Gasteiger charge is 2.18. The second-order valence-corrected chi connectivity index (χ2v) is 8.57. The van der Waals surface area contributed by atoms with Gasteiger partial charge in [0.25, 0.3) is 5.91 Å². The highest BCUT2D eigenvalue weighted by atomic mass is 35.5. The first kappa shape index (κ1) is 18.7. The number of thioether (sulfide) groups is 1. The van der Waals surface area contributed by atoms with Crippen molar-refractivity contribution in [1.29, 1.82) is 0 Å². The first-order chi connectivity index (χ1) is 12.0. The van der Waals surface area contributed by atoms with Gasteiger partial charge in [-0.15, -0.1) is 23.1 Å². The van der Waals surface area contributed by atoms with Crippen molar-refractivity contribution in [1.82, 2.24) is 9.88 Å². The van der Waals surface area contributed by atoms with Crippen molar-refractivity contribution < 1.29 is 4.79 Å². The summed E-state index contributed by atoms with van der Waals surface area (Å²) < 4.78 is 0.